The van der Waals surface area contributed by atoms with Crippen LogP contribution < -0.4 is 21.7 Å². The number of urea groups is 1. The highest BCUT2D eigenvalue weighted by molar-refractivity contribution is 7.99. The molecule has 0 aliphatic rings. The minimum Gasteiger partial charge on any atom is -0.351 e. The lowest BCUT2D eigenvalue weighted by molar-refractivity contribution is -0.431. The predicted octanol–water partition coefficient (Wildman–Crippen LogP) is 4.13. The second kappa shape index (κ2) is 12.9. The van der Waals surface area contributed by atoms with Gasteiger partial charge in [-0.1, -0.05) is 11.1 Å². The maximum atomic E-state index is 11.7. The third-order valence-corrected chi connectivity index (χ3v) is 5.47. The number of rotatable bonds is 9. The molecule has 0 bridgehead atoms. The minimum atomic E-state index is -4.57. The summed E-state index contributed by atoms with van der Waals surface area (Å²) < 4.78 is 37.0. The number of nitrogens with one attached hydrogen (secondary N) is 3. The fourth-order valence-corrected chi connectivity index (χ4v) is 3.70. The van der Waals surface area contributed by atoms with E-state index in [0.717, 1.165) is 0 Å². The summed E-state index contributed by atoms with van der Waals surface area (Å²) in [6.45, 7) is 1.64. The fraction of sp³-hybridized carbons (Fsp3) is 0.0526. The number of amides is 2. The Kier molecular flexibility index (Phi) is 9.69. The molecule has 0 radical (unpaired) electrons. The highest BCUT2D eigenvalue weighted by atomic mass is 35.5. The molecule has 19 heteroatoms. The third kappa shape index (κ3) is 8.49. The van der Waals surface area contributed by atoms with Crippen LogP contribution >= 0.6 is 23.6 Å². The van der Waals surface area contributed by atoms with Crippen LogP contribution in [0.4, 0.5) is 39.4 Å². The summed E-state index contributed by atoms with van der Waals surface area (Å²) >= 11 is 6.40. The molecule has 0 fully saturated rings. The van der Waals surface area contributed by atoms with E-state index in [2.05, 4.69) is 61.8 Å². The molecule has 1 aromatic heterocycles. The maximum Gasteiger partial charge on any atom is 0.316 e. The van der Waals surface area contributed by atoms with Gasteiger partial charge in [-0.25, -0.2) is 10.1 Å². The summed E-state index contributed by atoms with van der Waals surface area (Å²) in [6.07, 6.45) is 0. The number of carbonyl (C=O) groups excluding carboxylic acids is 1. The zero-order chi connectivity index (χ0) is 27.7. The number of benzene rings is 2. The van der Waals surface area contributed by atoms with Gasteiger partial charge in [0.2, 0.25) is 17.2 Å². The molecule has 3 aromatic rings. The quantitative estimate of drug-likeness (QED) is 0.0305. The average molecular weight is 582 g/mol. The van der Waals surface area contributed by atoms with Gasteiger partial charge in [-0.3, -0.25) is 9.87 Å². The van der Waals surface area contributed by atoms with E-state index in [9.17, 15) is 17.8 Å². The molecule has 2 aromatic carbocycles. The zero-order valence-corrected chi connectivity index (χ0v) is 21.3. The summed E-state index contributed by atoms with van der Waals surface area (Å²) in [6, 6.07) is 10.1. The SMILES string of the molecule is Cc1ccc(N=Nc2ccc(Nc3nc(Cl)nc(NC#CSOOO)n3)cc2NC(N)=O)c(S(=O)(=O)O)c1. The molecule has 0 saturated carbocycles. The molecule has 3 rings (SSSR count). The van der Waals surface area contributed by atoms with Crippen molar-refractivity contribution < 1.29 is 32.4 Å². The second-order valence-electron chi connectivity index (χ2n) is 6.82. The molecule has 0 unspecified atom stereocenters. The van der Waals surface area contributed by atoms with Crippen LogP contribution in [0, 0.1) is 18.2 Å². The number of nitrogens with zero attached hydrogens (tertiary/aromatic N) is 5. The summed E-state index contributed by atoms with van der Waals surface area (Å²) in [5, 5.41) is 29.3. The first kappa shape index (κ1) is 28.5. The molecule has 0 aliphatic carbocycles. The van der Waals surface area contributed by atoms with E-state index in [1.54, 1.807) is 13.0 Å². The van der Waals surface area contributed by atoms with Crippen molar-refractivity contribution in [1.82, 2.24) is 15.0 Å². The van der Waals surface area contributed by atoms with Crippen LogP contribution in [0.15, 0.2) is 51.5 Å². The Labute approximate surface area is 223 Å². The number of aromatic nitrogens is 3. The van der Waals surface area contributed by atoms with E-state index >= 15 is 0 Å². The van der Waals surface area contributed by atoms with Crippen LogP contribution in [0.2, 0.25) is 5.28 Å². The Morgan fingerprint density at radius 2 is 1.84 bits per heavy atom. The van der Waals surface area contributed by atoms with Crippen molar-refractivity contribution >= 4 is 74.4 Å². The first-order valence-electron chi connectivity index (χ1n) is 9.84. The van der Waals surface area contributed by atoms with Gasteiger partial charge in [-0.15, -0.1) is 14.6 Å². The summed E-state index contributed by atoms with van der Waals surface area (Å²) in [4.78, 5) is 23.0. The molecule has 1 heterocycles. The van der Waals surface area contributed by atoms with Crippen molar-refractivity contribution in [2.45, 2.75) is 11.8 Å². The number of azo groups is 1. The summed E-state index contributed by atoms with van der Waals surface area (Å²) in [7, 11) is -4.57. The van der Waals surface area contributed by atoms with Crippen molar-refractivity contribution in [3.8, 4) is 11.3 Å². The summed E-state index contributed by atoms with van der Waals surface area (Å²) in [5.74, 6) is -0.0343. The molecule has 38 heavy (non-hydrogen) atoms. The molecule has 16 nitrogen and oxygen atoms in total. The van der Waals surface area contributed by atoms with Crippen LogP contribution in [0.25, 0.3) is 0 Å². The lowest BCUT2D eigenvalue weighted by Gasteiger charge is -2.10. The van der Waals surface area contributed by atoms with E-state index in [0.29, 0.717) is 23.3 Å². The number of aryl methyl sites for hydroxylation is 1. The Balaban J connectivity index is 1.88. The first-order valence-corrected chi connectivity index (χ1v) is 12.4. The Morgan fingerprint density at radius 1 is 1.13 bits per heavy atom. The number of halogens is 1. The van der Waals surface area contributed by atoms with Crippen LogP contribution in [0.5, 0.6) is 0 Å². The number of carbonyl (C=O) groups is 1. The lowest BCUT2D eigenvalue weighted by atomic mass is 10.2. The molecule has 0 atom stereocenters. The van der Waals surface area contributed by atoms with Crippen molar-refractivity contribution in [2.75, 3.05) is 16.0 Å². The minimum absolute atomic E-state index is 0.00579. The molecule has 2 amide bonds. The van der Waals surface area contributed by atoms with Crippen LogP contribution in [-0.2, 0) is 19.5 Å². The van der Waals surface area contributed by atoms with Crippen LogP contribution in [0.1, 0.15) is 5.56 Å². The van der Waals surface area contributed by atoms with Crippen molar-refractivity contribution in [3.63, 3.8) is 0 Å². The molecule has 7 N–H and O–H groups in total. The average Bonchev–Trinajstić information content (AvgIpc) is 2.83. The lowest BCUT2D eigenvalue weighted by Crippen LogP contribution is -2.19. The molecular formula is C19H16ClN9O7S2. The number of anilines is 4. The number of hydrogen-bond acceptors (Lipinski definition) is 14. The van der Waals surface area contributed by atoms with E-state index in [1.165, 1.54) is 30.3 Å². The normalized spacial score (nSPS) is 11.1. The van der Waals surface area contributed by atoms with Gasteiger partial charge in [0.05, 0.1) is 5.69 Å². The van der Waals surface area contributed by atoms with E-state index in [4.69, 9.17) is 22.6 Å². The highest BCUT2D eigenvalue weighted by Crippen LogP contribution is 2.33. The monoisotopic (exact) mass is 581 g/mol. The van der Waals surface area contributed by atoms with Gasteiger partial charge in [0, 0.05) is 17.0 Å². The van der Waals surface area contributed by atoms with Crippen molar-refractivity contribution in [2.24, 2.45) is 16.0 Å². The van der Waals surface area contributed by atoms with Gasteiger partial charge in [-0.2, -0.15) is 23.4 Å². The Bertz CT molecular complexity index is 1550. The number of primary amides is 1. The van der Waals surface area contributed by atoms with Crippen LogP contribution in [-0.4, -0.2) is 39.2 Å². The molecular weight excluding hydrogens is 566 g/mol. The fourth-order valence-electron chi connectivity index (χ4n) is 2.68. The molecule has 0 aliphatic heterocycles. The Morgan fingerprint density at radius 3 is 2.55 bits per heavy atom. The summed E-state index contributed by atoms with van der Waals surface area (Å²) in [5.41, 5.74) is 6.27. The van der Waals surface area contributed by atoms with Gasteiger partial charge >= 0.3 is 6.03 Å². The molecule has 0 spiro atoms. The predicted molar refractivity (Wildman–Crippen MR) is 137 cm³/mol. The first-order chi connectivity index (χ1) is 18.0. The van der Waals surface area contributed by atoms with Gasteiger partial charge in [0.15, 0.2) is 0 Å². The van der Waals surface area contributed by atoms with Gasteiger partial charge < -0.3 is 16.4 Å². The number of hydrogen-bond donors (Lipinski definition) is 6. The number of nitrogens with two attached hydrogens (primary N) is 1. The topological polar surface area (TPSA) is 236 Å². The van der Waals surface area contributed by atoms with Crippen LogP contribution in [0.3, 0.4) is 0 Å². The second-order valence-corrected chi connectivity index (χ2v) is 9.06. The van der Waals surface area contributed by atoms with Gasteiger partial charge in [0.25, 0.3) is 10.1 Å². The van der Waals surface area contributed by atoms with Gasteiger partial charge in [-0.05, 0) is 54.4 Å². The molecule has 0 saturated heterocycles. The zero-order valence-electron chi connectivity index (χ0n) is 18.9. The van der Waals surface area contributed by atoms with E-state index in [1.807, 2.05) is 0 Å². The highest BCUT2D eigenvalue weighted by Gasteiger charge is 2.16. The maximum absolute atomic E-state index is 11.7. The standard InChI is InChI=1S/C19H16ClN9O7S2/c1-10-2-4-13(15(8-10)38(32,33)34)29-28-12-5-3-11(9-14(12)24-17(21)30)23-19-26-16(20)25-18(27-19)22-6-7-37-36-35-31/h2-5,8-9,31H,1H3,(H3,21,24,30)(H,32,33,34)(H2,22,23,25,26,27). The molecule has 198 valence electrons. The largest absolute Gasteiger partial charge is 0.351 e. The van der Waals surface area contributed by atoms with Crippen molar-refractivity contribution in [3.05, 3.63) is 47.2 Å². The van der Waals surface area contributed by atoms with E-state index in [-0.39, 0.29) is 34.2 Å². The van der Waals surface area contributed by atoms with E-state index < -0.39 is 21.0 Å². The Hall–Kier alpha value is -4.09. The smallest absolute Gasteiger partial charge is 0.316 e. The third-order valence-electron chi connectivity index (χ3n) is 4.11. The van der Waals surface area contributed by atoms with Crippen molar-refractivity contribution in [1.29, 1.82) is 0 Å². The van der Waals surface area contributed by atoms with Gasteiger partial charge in [0.1, 0.15) is 28.3 Å².